The van der Waals surface area contributed by atoms with Crippen LogP contribution in [0.1, 0.15) is 19.8 Å². The van der Waals surface area contributed by atoms with Gasteiger partial charge in [-0.3, -0.25) is 4.98 Å². The Hall–Kier alpha value is -0.460. The second kappa shape index (κ2) is 6.32. The van der Waals surface area contributed by atoms with Crippen LogP contribution in [0.2, 0.25) is 0 Å². The van der Waals surface area contributed by atoms with Crippen molar-refractivity contribution in [3.05, 3.63) is 24.5 Å². The van der Waals surface area contributed by atoms with Crippen molar-refractivity contribution in [3.63, 3.8) is 0 Å². The van der Waals surface area contributed by atoms with Crippen molar-refractivity contribution in [1.29, 1.82) is 0 Å². The average molecular weight is 307 g/mol. The fourth-order valence-electron chi connectivity index (χ4n) is 1.28. The van der Waals surface area contributed by atoms with Crippen LogP contribution in [-0.2, 0) is 10.0 Å². The minimum atomic E-state index is -3.42. The number of aromatic nitrogens is 1. The Balaban J connectivity index is 2.66. The second-order valence-corrected chi connectivity index (χ2v) is 6.05. The van der Waals surface area contributed by atoms with Gasteiger partial charge in [0.1, 0.15) is 4.90 Å². The van der Waals surface area contributed by atoms with E-state index in [1.165, 1.54) is 12.3 Å². The van der Waals surface area contributed by atoms with Gasteiger partial charge in [0.25, 0.3) is 0 Å². The molecule has 0 aromatic carbocycles. The highest BCUT2D eigenvalue weighted by Crippen LogP contribution is 2.08. The third kappa shape index (κ3) is 4.19. The molecule has 1 heterocycles. The van der Waals surface area contributed by atoms with Gasteiger partial charge in [-0.15, -0.1) is 0 Å². The van der Waals surface area contributed by atoms with Crippen LogP contribution in [0.25, 0.3) is 0 Å². The molecular formula is C10H15BrN2O2S. The van der Waals surface area contributed by atoms with Gasteiger partial charge < -0.3 is 0 Å². The zero-order valence-electron chi connectivity index (χ0n) is 9.06. The molecule has 0 fully saturated rings. The van der Waals surface area contributed by atoms with Gasteiger partial charge in [-0.1, -0.05) is 15.9 Å². The molecule has 0 spiro atoms. The summed E-state index contributed by atoms with van der Waals surface area (Å²) < 4.78 is 26.3. The molecule has 1 atom stereocenters. The fraction of sp³-hybridized carbons (Fsp3) is 0.500. The Bertz CT molecular complexity index is 408. The smallest absolute Gasteiger partial charge is 0.242 e. The van der Waals surface area contributed by atoms with E-state index >= 15 is 0 Å². The highest BCUT2D eigenvalue weighted by molar-refractivity contribution is 9.09. The maximum Gasteiger partial charge on any atom is 0.242 e. The summed E-state index contributed by atoms with van der Waals surface area (Å²) >= 11 is 3.32. The van der Waals surface area contributed by atoms with E-state index in [-0.39, 0.29) is 10.9 Å². The lowest BCUT2D eigenvalue weighted by Gasteiger charge is -2.13. The molecule has 0 aliphatic carbocycles. The van der Waals surface area contributed by atoms with Crippen molar-refractivity contribution >= 4 is 26.0 Å². The van der Waals surface area contributed by atoms with Gasteiger partial charge >= 0.3 is 0 Å². The van der Waals surface area contributed by atoms with Crippen molar-refractivity contribution in [2.75, 3.05) is 5.33 Å². The fourth-order valence-corrected chi connectivity index (χ4v) is 2.85. The Morgan fingerprint density at radius 1 is 1.56 bits per heavy atom. The zero-order valence-corrected chi connectivity index (χ0v) is 11.5. The molecule has 0 aliphatic rings. The second-order valence-electron chi connectivity index (χ2n) is 3.54. The van der Waals surface area contributed by atoms with Crippen LogP contribution in [-0.4, -0.2) is 24.8 Å². The normalized spacial score (nSPS) is 13.6. The van der Waals surface area contributed by atoms with E-state index in [0.29, 0.717) is 0 Å². The number of hydrogen-bond acceptors (Lipinski definition) is 3. The molecule has 0 radical (unpaired) electrons. The van der Waals surface area contributed by atoms with Crippen molar-refractivity contribution in [3.8, 4) is 0 Å². The van der Waals surface area contributed by atoms with Crippen molar-refractivity contribution < 1.29 is 8.42 Å². The van der Waals surface area contributed by atoms with E-state index in [4.69, 9.17) is 0 Å². The minimum Gasteiger partial charge on any atom is -0.263 e. The average Bonchev–Trinajstić information content (AvgIpc) is 2.27. The summed E-state index contributed by atoms with van der Waals surface area (Å²) in [6.07, 6.45) is 4.65. The van der Waals surface area contributed by atoms with Crippen LogP contribution in [0.5, 0.6) is 0 Å². The molecule has 1 N–H and O–H groups in total. The number of nitrogens with one attached hydrogen (secondary N) is 1. The van der Waals surface area contributed by atoms with E-state index in [9.17, 15) is 8.42 Å². The van der Waals surface area contributed by atoms with E-state index in [2.05, 4.69) is 25.6 Å². The summed E-state index contributed by atoms with van der Waals surface area (Å²) in [5, 5.41) is 0.881. The maximum atomic E-state index is 11.8. The summed E-state index contributed by atoms with van der Waals surface area (Å²) in [7, 11) is -3.42. The number of nitrogens with zero attached hydrogens (tertiary/aromatic N) is 1. The predicted octanol–water partition coefficient (Wildman–Crippen LogP) is 1.92. The monoisotopic (exact) mass is 306 g/mol. The Labute approximate surface area is 105 Å². The zero-order chi connectivity index (χ0) is 12.0. The van der Waals surface area contributed by atoms with Gasteiger partial charge in [0.05, 0.1) is 0 Å². The predicted molar refractivity (Wildman–Crippen MR) is 67.0 cm³/mol. The van der Waals surface area contributed by atoms with Crippen LogP contribution in [0.4, 0.5) is 0 Å². The molecule has 0 amide bonds. The first-order chi connectivity index (χ1) is 7.56. The molecule has 1 unspecified atom stereocenters. The number of pyridine rings is 1. The molecule has 16 heavy (non-hydrogen) atoms. The highest BCUT2D eigenvalue weighted by Gasteiger charge is 2.16. The first-order valence-corrected chi connectivity index (χ1v) is 7.65. The summed E-state index contributed by atoms with van der Waals surface area (Å²) in [5.41, 5.74) is 0. The maximum absolute atomic E-state index is 11.8. The summed E-state index contributed by atoms with van der Waals surface area (Å²) in [4.78, 5) is 4.00. The minimum absolute atomic E-state index is 0.0669. The van der Waals surface area contributed by atoms with Gasteiger partial charge in [0, 0.05) is 23.8 Å². The van der Waals surface area contributed by atoms with Gasteiger partial charge in [-0.05, 0) is 31.9 Å². The van der Waals surface area contributed by atoms with Gasteiger partial charge in [0.2, 0.25) is 10.0 Å². The number of sulfonamides is 1. The van der Waals surface area contributed by atoms with Crippen LogP contribution < -0.4 is 4.72 Å². The van der Waals surface area contributed by atoms with E-state index in [0.717, 1.165) is 18.2 Å². The van der Waals surface area contributed by atoms with Gasteiger partial charge in [-0.25, -0.2) is 13.1 Å². The number of rotatable bonds is 6. The lowest BCUT2D eigenvalue weighted by molar-refractivity contribution is 0.545. The molecular weight excluding hydrogens is 292 g/mol. The summed E-state index contributed by atoms with van der Waals surface area (Å²) in [5.74, 6) is 0. The van der Waals surface area contributed by atoms with Gasteiger partial charge in [-0.2, -0.15) is 0 Å². The van der Waals surface area contributed by atoms with Crippen LogP contribution in [0.15, 0.2) is 29.4 Å². The largest absolute Gasteiger partial charge is 0.263 e. The Morgan fingerprint density at radius 3 is 2.88 bits per heavy atom. The molecule has 0 saturated carbocycles. The van der Waals surface area contributed by atoms with Crippen molar-refractivity contribution in [1.82, 2.24) is 9.71 Å². The number of hydrogen-bond donors (Lipinski definition) is 1. The van der Waals surface area contributed by atoms with Gasteiger partial charge in [0.15, 0.2) is 0 Å². The molecule has 1 rings (SSSR count). The standard InChI is InChI=1S/C10H15BrN2O2S/c1-9(4-2-6-11)13-16(14,15)10-5-3-7-12-8-10/h3,5,7-9,13H,2,4,6H2,1H3. The molecule has 0 saturated heterocycles. The molecule has 90 valence electrons. The summed E-state index contributed by atoms with van der Waals surface area (Å²) in [6, 6.07) is 3.08. The summed E-state index contributed by atoms with van der Waals surface area (Å²) in [6.45, 7) is 1.86. The topological polar surface area (TPSA) is 59.1 Å². The van der Waals surface area contributed by atoms with E-state index in [1.807, 2.05) is 6.92 Å². The Morgan fingerprint density at radius 2 is 2.31 bits per heavy atom. The van der Waals surface area contributed by atoms with Crippen LogP contribution >= 0.6 is 15.9 Å². The molecule has 1 aromatic rings. The molecule has 0 aliphatic heterocycles. The number of halogens is 1. The molecule has 0 bridgehead atoms. The van der Waals surface area contributed by atoms with E-state index in [1.54, 1.807) is 12.3 Å². The Kier molecular flexibility index (Phi) is 5.37. The first kappa shape index (κ1) is 13.6. The first-order valence-electron chi connectivity index (χ1n) is 5.04. The third-order valence-electron chi connectivity index (χ3n) is 2.07. The number of alkyl halides is 1. The lowest BCUT2D eigenvalue weighted by atomic mass is 10.2. The van der Waals surface area contributed by atoms with Crippen LogP contribution in [0, 0.1) is 0 Å². The quantitative estimate of drug-likeness (QED) is 0.817. The van der Waals surface area contributed by atoms with Crippen molar-refractivity contribution in [2.45, 2.75) is 30.7 Å². The van der Waals surface area contributed by atoms with Crippen LogP contribution in [0.3, 0.4) is 0 Å². The highest BCUT2D eigenvalue weighted by atomic mass is 79.9. The third-order valence-corrected chi connectivity index (χ3v) is 4.21. The van der Waals surface area contributed by atoms with E-state index < -0.39 is 10.0 Å². The molecule has 1 aromatic heterocycles. The molecule has 6 heteroatoms. The SMILES string of the molecule is CC(CCCBr)NS(=O)(=O)c1cccnc1. The molecule has 4 nitrogen and oxygen atoms in total. The van der Waals surface area contributed by atoms with Crippen molar-refractivity contribution in [2.24, 2.45) is 0 Å². The lowest BCUT2D eigenvalue weighted by Crippen LogP contribution is -2.32.